The Kier molecular flexibility index (Phi) is 8.79. The fraction of sp³-hybridized carbons (Fsp3) is 0.147. The molecule has 238 valence electrons. The van der Waals surface area contributed by atoms with Gasteiger partial charge < -0.3 is 18.6 Å². The van der Waals surface area contributed by atoms with E-state index in [2.05, 4.69) is 0 Å². The van der Waals surface area contributed by atoms with Crippen molar-refractivity contribution in [2.45, 2.75) is 13.0 Å². The highest BCUT2D eigenvalue weighted by molar-refractivity contribution is 7.07. The first-order valence-corrected chi connectivity index (χ1v) is 15.5. The Hall–Kier alpha value is -5.46. The van der Waals surface area contributed by atoms with Gasteiger partial charge in [-0.25, -0.2) is 9.79 Å². The van der Waals surface area contributed by atoms with Crippen LogP contribution in [0.15, 0.2) is 98.6 Å². The number of nitrogens with zero attached hydrogens (tertiary/aromatic N) is 3. The van der Waals surface area contributed by atoms with Crippen LogP contribution in [0.25, 0.3) is 23.1 Å². The molecule has 0 saturated heterocycles. The van der Waals surface area contributed by atoms with Crippen molar-refractivity contribution in [3.63, 3.8) is 0 Å². The average molecular weight is 672 g/mol. The number of carbonyl (C=O) groups excluding carboxylic acids is 1. The van der Waals surface area contributed by atoms with E-state index < -0.39 is 22.5 Å². The Morgan fingerprint density at radius 2 is 1.83 bits per heavy atom. The molecule has 6 rings (SSSR count). The molecule has 3 aromatic carbocycles. The first-order chi connectivity index (χ1) is 22.7. The molecule has 1 atom stereocenters. The molecule has 0 radical (unpaired) electrons. The van der Waals surface area contributed by atoms with Gasteiger partial charge in [0.2, 0.25) is 0 Å². The fourth-order valence-corrected chi connectivity index (χ4v) is 6.55. The van der Waals surface area contributed by atoms with Crippen LogP contribution >= 0.6 is 22.9 Å². The van der Waals surface area contributed by atoms with Gasteiger partial charge in [-0.15, -0.1) is 0 Å². The third-order valence-electron chi connectivity index (χ3n) is 7.43. The Morgan fingerprint density at radius 3 is 2.51 bits per heavy atom. The quantitative estimate of drug-likeness (QED) is 0.109. The smallest absolute Gasteiger partial charge is 0.338 e. The second-order valence-electron chi connectivity index (χ2n) is 10.2. The van der Waals surface area contributed by atoms with Crippen molar-refractivity contribution in [3.05, 3.63) is 136 Å². The molecule has 1 aliphatic rings. The van der Waals surface area contributed by atoms with Gasteiger partial charge in [-0.2, -0.15) is 0 Å². The number of fused-ring (bicyclic) bond motifs is 1. The summed E-state index contributed by atoms with van der Waals surface area (Å²) in [4.78, 5) is 43.7. The van der Waals surface area contributed by atoms with Crippen molar-refractivity contribution >= 4 is 46.4 Å². The van der Waals surface area contributed by atoms with Gasteiger partial charge in [0, 0.05) is 29.3 Å². The summed E-state index contributed by atoms with van der Waals surface area (Å²) in [6.45, 7) is 1.83. The molecule has 11 nitrogen and oxygen atoms in total. The maximum Gasteiger partial charge on any atom is 0.338 e. The van der Waals surface area contributed by atoms with Crippen LogP contribution in [0.2, 0.25) is 5.02 Å². The molecule has 0 spiro atoms. The van der Waals surface area contributed by atoms with E-state index in [9.17, 15) is 19.7 Å². The number of halogens is 1. The molecule has 0 fully saturated rings. The Morgan fingerprint density at radius 1 is 1.06 bits per heavy atom. The Labute approximate surface area is 276 Å². The first-order valence-electron chi connectivity index (χ1n) is 14.3. The number of hydrogen-bond donors (Lipinski definition) is 0. The predicted octanol–water partition coefficient (Wildman–Crippen LogP) is 5.77. The van der Waals surface area contributed by atoms with Gasteiger partial charge in [0.15, 0.2) is 16.3 Å². The van der Waals surface area contributed by atoms with Gasteiger partial charge in [-0.3, -0.25) is 19.5 Å². The number of nitro benzene ring substituents is 1. The van der Waals surface area contributed by atoms with Crippen LogP contribution in [0.5, 0.6) is 11.5 Å². The van der Waals surface area contributed by atoms with Crippen LogP contribution in [0.4, 0.5) is 5.69 Å². The number of rotatable bonds is 9. The first kappa shape index (κ1) is 31.5. The number of hydrogen-bond acceptors (Lipinski definition) is 10. The van der Waals surface area contributed by atoms with E-state index in [1.807, 2.05) is 30.3 Å². The topological polar surface area (TPSA) is 135 Å². The van der Waals surface area contributed by atoms with Crippen molar-refractivity contribution in [2.75, 3.05) is 20.8 Å². The minimum atomic E-state index is -0.923. The molecular formula is C34H26ClN3O8S. The largest absolute Gasteiger partial charge is 0.493 e. The van der Waals surface area contributed by atoms with Crippen LogP contribution < -0.4 is 24.4 Å². The average Bonchev–Trinajstić information content (AvgIpc) is 3.67. The minimum Gasteiger partial charge on any atom is -0.493 e. The summed E-state index contributed by atoms with van der Waals surface area (Å²) in [5, 5.41) is 11.3. The number of carbonyl (C=O) groups is 1. The van der Waals surface area contributed by atoms with Gasteiger partial charge >= 0.3 is 5.97 Å². The SMILES string of the molecule is CCOC(=O)C1=C(c2ccccc2)N=c2s/c(=C\c3ccc(-c4ccc([N+](=O)[O-])cc4Cl)o3)c(=O)n2[C@H]1c1ccc(OC)c(OC)c1. The Balaban J connectivity index is 1.55. The summed E-state index contributed by atoms with van der Waals surface area (Å²) in [5.41, 5.74) is 1.73. The van der Waals surface area contributed by atoms with Crippen LogP contribution in [-0.4, -0.2) is 36.3 Å². The molecule has 1 aliphatic heterocycles. The zero-order valence-corrected chi connectivity index (χ0v) is 26.8. The summed E-state index contributed by atoms with van der Waals surface area (Å²) in [5.74, 6) is 0.995. The summed E-state index contributed by atoms with van der Waals surface area (Å²) in [6.07, 6.45) is 1.58. The molecule has 3 heterocycles. The van der Waals surface area contributed by atoms with E-state index in [1.54, 1.807) is 43.3 Å². The second kappa shape index (κ2) is 13.1. The molecular weight excluding hydrogens is 646 g/mol. The van der Waals surface area contributed by atoms with Crippen molar-refractivity contribution in [1.29, 1.82) is 0 Å². The summed E-state index contributed by atoms with van der Waals surface area (Å²) < 4.78 is 24.3. The molecule has 0 bridgehead atoms. The van der Waals surface area contributed by atoms with Gasteiger partial charge in [0.05, 0.1) is 52.6 Å². The summed E-state index contributed by atoms with van der Waals surface area (Å²) >= 11 is 7.45. The molecule has 0 N–H and O–H groups in total. The number of aromatic nitrogens is 1. The molecule has 0 unspecified atom stereocenters. The highest BCUT2D eigenvalue weighted by Gasteiger charge is 2.35. The maximum absolute atomic E-state index is 14.2. The number of thiazole rings is 1. The van der Waals surface area contributed by atoms with Gasteiger partial charge in [0.1, 0.15) is 11.5 Å². The van der Waals surface area contributed by atoms with Crippen molar-refractivity contribution in [2.24, 2.45) is 4.99 Å². The zero-order chi connectivity index (χ0) is 33.2. The lowest BCUT2D eigenvalue weighted by atomic mass is 9.93. The van der Waals surface area contributed by atoms with E-state index in [-0.39, 0.29) is 22.9 Å². The van der Waals surface area contributed by atoms with Crippen molar-refractivity contribution < 1.29 is 28.3 Å². The lowest BCUT2D eigenvalue weighted by molar-refractivity contribution is -0.384. The fourth-order valence-electron chi connectivity index (χ4n) is 5.30. The number of nitro groups is 1. The lowest BCUT2D eigenvalue weighted by Crippen LogP contribution is -2.40. The molecule has 0 amide bonds. The monoisotopic (exact) mass is 671 g/mol. The van der Waals surface area contributed by atoms with Gasteiger partial charge in [0.25, 0.3) is 11.2 Å². The molecule has 5 aromatic rings. The van der Waals surface area contributed by atoms with Gasteiger partial charge in [-0.05, 0) is 42.8 Å². The summed E-state index contributed by atoms with van der Waals surface area (Å²) in [6, 6.07) is 20.9. The normalized spacial score (nSPS) is 14.4. The van der Waals surface area contributed by atoms with E-state index in [0.717, 1.165) is 11.3 Å². The predicted molar refractivity (Wildman–Crippen MR) is 176 cm³/mol. The van der Waals surface area contributed by atoms with Gasteiger partial charge in [-0.1, -0.05) is 59.3 Å². The third-order valence-corrected chi connectivity index (χ3v) is 8.72. The summed E-state index contributed by atoms with van der Waals surface area (Å²) in [7, 11) is 3.03. The number of ether oxygens (including phenoxy) is 3. The second-order valence-corrected chi connectivity index (χ2v) is 11.6. The van der Waals surface area contributed by atoms with Crippen LogP contribution in [0.1, 0.15) is 29.9 Å². The number of benzene rings is 3. The number of esters is 1. The number of furan rings is 1. The highest BCUT2D eigenvalue weighted by Crippen LogP contribution is 2.38. The molecule has 13 heteroatoms. The molecule has 2 aromatic heterocycles. The van der Waals surface area contributed by atoms with E-state index in [4.69, 9.17) is 35.2 Å². The molecule has 0 saturated carbocycles. The maximum atomic E-state index is 14.2. The van der Waals surface area contributed by atoms with E-state index >= 15 is 0 Å². The van der Waals surface area contributed by atoms with Crippen LogP contribution in [0, 0.1) is 10.1 Å². The van der Waals surface area contributed by atoms with Crippen molar-refractivity contribution in [3.8, 4) is 22.8 Å². The highest BCUT2D eigenvalue weighted by atomic mass is 35.5. The molecule has 0 aliphatic carbocycles. The number of methoxy groups -OCH3 is 2. The lowest BCUT2D eigenvalue weighted by Gasteiger charge is -2.26. The molecule has 47 heavy (non-hydrogen) atoms. The van der Waals surface area contributed by atoms with E-state index in [1.165, 1.54) is 37.0 Å². The number of non-ortho nitro benzene ring substituents is 1. The Bertz CT molecular complexity index is 2240. The third kappa shape index (κ3) is 5.96. The zero-order valence-electron chi connectivity index (χ0n) is 25.3. The van der Waals surface area contributed by atoms with E-state index in [0.29, 0.717) is 54.7 Å². The van der Waals surface area contributed by atoms with Crippen LogP contribution in [0.3, 0.4) is 0 Å². The van der Waals surface area contributed by atoms with Crippen molar-refractivity contribution in [1.82, 2.24) is 4.57 Å². The van der Waals surface area contributed by atoms with Crippen LogP contribution in [-0.2, 0) is 9.53 Å². The minimum absolute atomic E-state index is 0.118. The standard InChI is InChI=1S/C34H26ClN3O8S/c1-4-45-33(40)29-30(19-8-6-5-7-9-19)36-34-37(31(29)20-10-14-26(43-2)27(16-20)44-3)32(39)28(47-34)18-22-12-15-25(46-22)23-13-11-21(38(41)42)17-24(23)35/h5-18,31H,4H2,1-3H3/b28-18-/t31-/m0/s1.